The monoisotopic (exact) mass is 210 g/mol. The van der Waals surface area contributed by atoms with E-state index in [1.807, 2.05) is 24.3 Å². The number of halogens is 1. The molecule has 0 saturated carbocycles. The second-order valence-electron chi connectivity index (χ2n) is 3.44. The van der Waals surface area contributed by atoms with Crippen LogP contribution in [0.1, 0.15) is 12.8 Å². The summed E-state index contributed by atoms with van der Waals surface area (Å²) in [7, 11) is 0. The molecule has 1 aromatic carbocycles. The fourth-order valence-electron chi connectivity index (χ4n) is 1.55. The molecular weight excluding hydrogens is 198 g/mol. The first-order valence-corrected chi connectivity index (χ1v) is 5.28. The first-order valence-electron chi connectivity index (χ1n) is 4.90. The fourth-order valence-corrected chi connectivity index (χ4v) is 1.68. The van der Waals surface area contributed by atoms with E-state index in [9.17, 15) is 0 Å². The lowest BCUT2D eigenvalue weighted by Gasteiger charge is -2.22. The molecule has 0 unspecified atom stereocenters. The summed E-state index contributed by atoms with van der Waals surface area (Å²) in [6.07, 6.45) is 2.39. The van der Waals surface area contributed by atoms with Crippen LogP contribution in [0.15, 0.2) is 24.3 Å². The number of ether oxygens (including phenoxy) is 1. The Bertz CT molecular complexity index is 280. The van der Waals surface area contributed by atoms with Gasteiger partial charge < -0.3 is 4.74 Å². The van der Waals surface area contributed by atoms with Crippen molar-refractivity contribution in [2.75, 3.05) is 13.1 Å². The lowest BCUT2D eigenvalue weighted by molar-refractivity contribution is 0.161. The Labute approximate surface area is 89.2 Å². The minimum Gasteiger partial charge on any atom is -0.490 e. The van der Waals surface area contributed by atoms with Crippen LogP contribution in [-0.4, -0.2) is 19.2 Å². The van der Waals surface area contributed by atoms with Gasteiger partial charge in [-0.3, -0.25) is 0 Å². The van der Waals surface area contributed by atoms with E-state index in [0.717, 1.165) is 36.7 Å². The molecule has 1 heterocycles. The summed E-state index contributed by atoms with van der Waals surface area (Å²) in [6.45, 7) is 1.86. The van der Waals surface area contributed by atoms with Crippen LogP contribution < -0.4 is 10.1 Å². The zero-order chi connectivity index (χ0) is 9.80. The second-order valence-corrected chi connectivity index (χ2v) is 3.88. The number of benzene rings is 1. The predicted molar refractivity (Wildman–Crippen MR) is 57.0 cm³/mol. The molecule has 0 aliphatic carbocycles. The molecule has 3 heteroatoms. The molecule has 1 radical (unpaired) electrons. The lowest BCUT2D eigenvalue weighted by Crippen LogP contribution is -2.30. The quantitative estimate of drug-likeness (QED) is 0.736. The summed E-state index contributed by atoms with van der Waals surface area (Å²) >= 11 is 5.78. The molecule has 0 atom stereocenters. The normalized spacial score (nSPS) is 18.1. The van der Waals surface area contributed by atoms with Gasteiger partial charge in [0.1, 0.15) is 11.9 Å². The molecule has 0 bridgehead atoms. The summed E-state index contributed by atoms with van der Waals surface area (Å²) in [5.41, 5.74) is 0. The third-order valence-corrected chi connectivity index (χ3v) is 2.59. The van der Waals surface area contributed by atoms with Gasteiger partial charge in [-0.25, -0.2) is 5.32 Å². The van der Waals surface area contributed by atoms with Gasteiger partial charge in [0.15, 0.2) is 0 Å². The van der Waals surface area contributed by atoms with Gasteiger partial charge >= 0.3 is 0 Å². The van der Waals surface area contributed by atoms with Crippen molar-refractivity contribution >= 4 is 11.6 Å². The zero-order valence-electron chi connectivity index (χ0n) is 7.95. The van der Waals surface area contributed by atoms with E-state index in [4.69, 9.17) is 16.3 Å². The van der Waals surface area contributed by atoms with E-state index in [1.165, 1.54) is 0 Å². The molecule has 0 spiro atoms. The number of rotatable bonds is 2. The Morgan fingerprint density at radius 2 is 1.79 bits per heavy atom. The maximum atomic E-state index is 5.79. The third kappa shape index (κ3) is 2.63. The Morgan fingerprint density at radius 3 is 2.43 bits per heavy atom. The number of nitrogens with zero attached hydrogens (tertiary/aromatic N) is 1. The van der Waals surface area contributed by atoms with Crippen LogP contribution in [0.5, 0.6) is 5.75 Å². The van der Waals surface area contributed by atoms with Gasteiger partial charge in [-0.15, -0.1) is 0 Å². The van der Waals surface area contributed by atoms with Gasteiger partial charge in [-0.05, 0) is 37.1 Å². The summed E-state index contributed by atoms with van der Waals surface area (Å²) in [6, 6.07) is 7.52. The average molecular weight is 211 g/mol. The van der Waals surface area contributed by atoms with Crippen molar-refractivity contribution in [2.45, 2.75) is 18.9 Å². The molecule has 0 N–H and O–H groups in total. The van der Waals surface area contributed by atoms with E-state index < -0.39 is 0 Å². The Hall–Kier alpha value is -0.730. The van der Waals surface area contributed by atoms with Gasteiger partial charge in [0.25, 0.3) is 0 Å². The molecule has 2 rings (SSSR count). The van der Waals surface area contributed by atoms with E-state index in [0.29, 0.717) is 6.10 Å². The van der Waals surface area contributed by atoms with Crippen molar-refractivity contribution in [1.82, 2.24) is 5.32 Å². The molecule has 75 valence electrons. The highest BCUT2D eigenvalue weighted by molar-refractivity contribution is 6.30. The SMILES string of the molecule is Clc1ccc(OC2CC[N]CC2)cc1. The second kappa shape index (κ2) is 4.67. The molecule has 1 aliphatic rings. The largest absolute Gasteiger partial charge is 0.490 e. The molecular formula is C11H13ClNO. The lowest BCUT2D eigenvalue weighted by atomic mass is 10.1. The maximum Gasteiger partial charge on any atom is 0.119 e. The molecule has 14 heavy (non-hydrogen) atoms. The highest BCUT2D eigenvalue weighted by Crippen LogP contribution is 2.19. The number of piperidine rings is 1. The van der Waals surface area contributed by atoms with Crippen molar-refractivity contribution in [3.8, 4) is 5.75 Å². The molecule has 0 amide bonds. The van der Waals surface area contributed by atoms with E-state index in [-0.39, 0.29) is 0 Å². The van der Waals surface area contributed by atoms with Gasteiger partial charge in [0.05, 0.1) is 0 Å². The van der Waals surface area contributed by atoms with Crippen LogP contribution in [0.25, 0.3) is 0 Å². The molecule has 2 nitrogen and oxygen atoms in total. The van der Waals surface area contributed by atoms with Crippen LogP contribution in [0.4, 0.5) is 0 Å². The van der Waals surface area contributed by atoms with Crippen molar-refractivity contribution in [3.05, 3.63) is 29.3 Å². The van der Waals surface area contributed by atoms with Crippen LogP contribution in [0.3, 0.4) is 0 Å². The summed E-state index contributed by atoms with van der Waals surface area (Å²) in [4.78, 5) is 0. The van der Waals surface area contributed by atoms with Crippen molar-refractivity contribution in [3.63, 3.8) is 0 Å². The topological polar surface area (TPSA) is 23.3 Å². The van der Waals surface area contributed by atoms with Gasteiger partial charge in [-0.2, -0.15) is 0 Å². The summed E-state index contributed by atoms with van der Waals surface area (Å²) in [5, 5.41) is 5.03. The standard InChI is InChI=1S/C11H13ClNO/c12-9-1-3-10(4-2-9)14-11-5-7-13-8-6-11/h1-4,11H,5-8H2. The van der Waals surface area contributed by atoms with Gasteiger partial charge in [-0.1, -0.05) is 11.6 Å². The predicted octanol–water partition coefficient (Wildman–Crippen LogP) is 2.49. The maximum absolute atomic E-state index is 5.79. The Morgan fingerprint density at radius 1 is 1.14 bits per heavy atom. The zero-order valence-corrected chi connectivity index (χ0v) is 8.70. The average Bonchev–Trinajstić information content (AvgIpc) is 2.23. The van der Waals surface area contributed by atoms with Gasteiger partial charge in [0.2, 0.25) is 0 Å². The van der Waals surface area contributed by atoms with E-state index in [2.05, 4.69) is 5.32 Å². The summed E-state index contributed by atoms with van der Waals surface area (Å²) in [5.74, 6) is 0.904. The van der Waals surface area contributed by atoms with Crippen LogP contribution in [0, 0.1) is 0 Å². The highest BCUT2D eigenvalue weighted by Gasteiger charge is 2.14. The van der Waals surface area contributed by atoms with Crippen molar-refractivity contribution in [1.29, 1.82) is 0 Å². The molecule has 1 saturated heterocycles. The van der Waals surface area contributed by atoms with Crippen molar-refractivity contribution in [2.24, 2.45) is 0 Å². The molecule has 1 aromatic rings. The van der Waals surface area contributed by atoms with Crippen LogP contribution >= 0.6 is 11.6 Å². The van der Waals surface area contributed by atoms with Crippen molar-refractivity contribution < 1.29 is 4.74 Å². The Kier molecular flexibility index (Phi) is 3.27. The smallest absolute Gasteiger partial charge is 0.119 e. The first kappa shape index (κ1) is 9.81. The Balaban J connectivity index is 1.92. The highest BCUT2D eigenvalue weighted by atomic mass is 35.5. The number of hydrogen-bond donors (Lipinski definition) is 0. The van der Waals surface area contributed by atoms with E-state index >= 15 is 0 Å². The van der Waals surface area contributed by atoms with Crippen LogP contribution in [0.2, 0.25) is 5.02 Å². The van der Waals surface area contributed by atoms with Crippen LogP contribution in [-0.2, 0) is 0 Å². The number of hydrogen-bond acceptors (Lipinski definition) is 1. The third-order valence-electron chi connectivity index (χ3n) is 2.33. The first-order chi connectivity index (χ1) is 6.84. The fraction of sp³-hybridized carbons (Fsp3) is 0.455. The minimum atomic E-state index is 0.327. The van der Waals surface area contributed by atoms with Gasteiger partial charge in [0, 0.05) is 18.1 Å². The molecule has 0 aromatic heterocycles. The molecule has 1 fully saturated rings. The molecule has 1 aliphatic heterocycles. The summed E-state index contributed by atoms with van der Waals surface area (Å²) < 4.78 is 5.79. The van der Waals surface area contributed by atoms with E-state index in [1.54, 1.807) is 0 Å². The minimum absolute atomic E-state index is 0.327.